The highest BCUT2D eigenvalue weighted by Crippen LogP contribution is 2.33. The predicted octanol–water partition coefficient (Wildman–Crippen LogP) is 3.89. The van der Waals surface area contributed by atoms with Crippen LogP contribution >= 0.6 is 12.4 Å². The second-order valence-electron chi connectivity index (χ2n) is 8.01. The number of rotatable bonds is 4. The van der Waals surface area contributed by atoms with Crippen LogP contribution < -0.4 is 10.6 Å². The molecule has 0 spiro atoms. The molecule has 1 saturated heterocycles. The van der Waals surface area contributed by atoms with Gasteiger partial charge in [-0.3, -0.25) is 9.48 Å². The fourth-order valence-corrected chi connectivity index (χ4v) is 3.38. The maximum atomic E-state index is 13.2. The molecule has 0 bridgehead atoms. The van der Waals surface area contributed by atoms with Crippen LogP contribution in [0.15, 0.2) is 36.5 Å². The Kier molecular flexibility index (Phi) is 7.00. The van der Waals surface area contributed by atoms with Gasteiger partial charge < -0.3 is 10.6 Å². The van der Waals surface area contributed by atoms with Crippen LogP contribution in [0.4, 0.5) is 4.39 Å². The average Bonchev–Trinajstić information content (AvgIpc) is 3.10. The van der Waals surface area contributed by atoms with E-state index in [4.69, 9.17) is 0 Å². The van der Waals surface area contributed by atoms with E-state index in [1.54, 1.807) is 18.2 Å². The SMILES string of the molecule is CC(C)(C)C(NC(=O)c1ccn(C2CCCNC2)n1)c1ccc(F)cc1.Cl. The van der Waals surface area contributed by atoms with Gasteiger partial charge in [0.1, 0.15) is 11.5 Å². The number of benzene rings is 1. The molecule has 3 rings (SSSR count). The number of carbonyl (C=O) groups is 1. The number of hydrogen-bond acceptors (Lipinski definition) is 3. The summed E-state index contributed by atoms with van der Waals surface area (Å²) in [5.41, 5.74) is 1.07. The monoisotopic (exact) mass is 394 g/mol. The lowest BCUT2D eigenvalue weighted by Gasteiger charge is -2.31. The van der Waals surface area contributed by atoms with Gasteiger partial charge >= 0.3 is 0 Å². The van der Waals surface area contributed by atoms with Crippen LogP contribution in [0.1, 0.15) is 61.7 Å². The molecule has 5 nitrogen and oxygen atoms in total. The summed E-state index contributed by atoms with van der Waals surface area (Å²) in [6.07, 6.45) is 4.05. The number of aromatic nitrogens is 2. The smallest absolute Gasteiger partial charge is 0.272 e. The van der Waals surface area contributed by atoms with Gasteiger partial charge in [-0.1, -0.05) is 32.9 Å². The molecule has 7 heteroatoms. The van der Waals surface area contributed by atoms with Crippen molar-refractivity contribution in [1.82, 2.24) is 20.4 Å². The summed E-state index contributed by atoms with van der Waals surface area (Å²) in [4.78, 5) is 12.8. The van der Waals surface area contributed by atoms with Gasteiger partial charge in [0.2, 0.25) is 0 Å². The Morgan fingerprint density at radius 2 is 2.00 bits per heavy atom. The van der Waals surface area contributed by atoms with Crippen molar-refractivity contribution in [2.75, 3.05) is 13.1 Å². The summed E-state index contributed by atoms with van der Waals surface area (Å²) in [6, 6.07) is 8.10. The first-order valence-corrected chi connectivity index (χ1v) is 9.17. The maximum absolute atomic E-state index is 13.2. The topological polar surface area (TPSA) is 59.0 Å². The molecule has 148 valence electrons. The maximum Gasteiger partial charge on any atom is 0.272 e. The van der Waals surface area contributed by atoms with Crippen LogP contribution in [-0.2, 0) is 0 Å². The molecule has 1 amide bonds. The van der Waals surface area contributed by atoms with Gasteiger partial charge in [-0.05, 0) is 48.6 Å². The second kappa shape index (κ2) is 8.85. The van der Waals surface area contributed by atoms with Crippen molar-refractivity contribution in [3.8, 4) is 0 Å². The standard InChI is InChI=1S/C20H27FN4O.ClH/c1-20(2,3)18(14-6-8-15(21)9-7-14)23-19(26)17-10-12-25(24-17)16-5-4-11-22-13-16;/h6-10,12,16,18,22H,4-5,11,13H2,1-3H3,(H,23,26);1H. The summed E-state index contributed by atoms with van der Waals surface area (Å²) >= 11 is 0. The van der Waals surface area contributed by atoms with Crippen LogP contribution in [0.3, 0.4) is 0 Å². The Balaban J connectivity index is 0.00000261. The van der Waals surface area contributed by atoms with E-state index in [1.165, 1.54) is 12.1 Å². The zero-order valence-electron chi connectivity index (χ0n) is 16.0. The molecular weight excluding hydrogens is 367 g/mol. The van der Waals surface area contributed by atoms with Crippen LogP contribution in [-0.4, -0.2) is 28.8 Å². The van der Waals surface area contributed by atoms with Crippen molar-refractivity contribution >= 4 is 18.3 Å². The highest BCUT2D eigenvalue weighted by Gasteiger charge is 2.29. The number of hydrogen-bond donors (Lipinski definition) is 2. The van der Waals surface area contributed by atoms with E-state index >= 15 is 0 Å². The molecule has 2 atom stereocenters. The number of piperidine rings is 1. The largest absolute Gasteiger partial charge is 0.343 e. The normalized spacial score (nSPS) is 18.4. The molecule has 2 N–H and O–H groups in total. The third-order valence-corrected chi connectivity index (χ3v) is 4.83. The molecule has 0 aliphatic carbocycles. The molecule has 1 aromatic heterocycles. The number of nitrogens with one attached hydrogen (secondary N) is 2. The molecule has 2 aromatic rings. The Bertz CT molecular complexity index is 748. The van der Waals surface area contributed by atoms with Crippen LogP contribution in [0.25, 0.3) is 0 Å². The molecule has 2 heterocycles. The summed E-state index contributed by atoms with van der Waals surface area (Å²) in [7, 11) is 0. The van der Waals surface area contributed by atoms with Gasteiger partial charge in [-0.15, -0.1) is 12.4 Å². The summed E-state index contributed by atoms with van der Waals surface area (Å²) in [6.45, 7) is 8.06. The molecule has 2 unspecified atom stereocenters. The van der Waals surface area contributed by atoms with Crippen LogP contribution in [0.5, 0.6) is 0 Å². The minimum absolute atomic E-state index is 0. The molecule has 1 aliphatic rings. The highest BCUT2D eigenvalue weighted by atomic mass is 35.5. The third kappa shape index (κ3) is 5.30. The van der Waals surface area contributed by atoms with E-state index < -0.39 is 0 Å². The highest BCUT2D eigenvalue weighted by molar-refractivity contribution is 5.92. The van der Waals surface area contributed by atoms with E-state index in [2.05, 4.69) is 15.7 Å². The average molecular weight is 395 g/mol. The first kappa shape index (κ1) is 21.4. The van der Waals surface area contributed by atoms with Crippen LogP contribution in [0.2, 0.25) is 0 Å². The fraction of sp³-hybridized carbons (Fsp3) is 0.500. The van der Waals surface area contributed by atoms with E-state index in [9.17, 15) is 9.18 Å². The Morgan fingerprint density at radius 3 is 2.59 bits per heavy atom. The zero-order valence-corrected chi connectivity index (χ0v) is 16.9. The lowest BCUT2D eigenvalue weighted by atomic mass is 9.82. The van der Waals surface area contributed by atoms with E-state index in [1.807, 2.05) is 31.6 Å². The molecule has 1 aliphatic heterocycles. The number of carbonyl (C=O) groups excluding carboxylic acids is 1. The number of halogens is 2. The summed E-state index contributed by atoms with van der Waals surface area (Å²) in [5.74, 6) is -0.496. The summed E-state index contributed by atoms with van der Waals surface area (Å²) < 4.78 is 15.1. The van der Waals surface area contributed by atoms with Gasteiger partial charge in [0, 0.05) is 12.7 Å². The van der Waals surface area contributed by atoms with Crippen molar-refractivity contribution in [3.63, 3.8) is 0 Å². The Morgan fingerprint density at radius 1 is 1.30 bits per heavy atom. The zero-order chi connectivity index (χ0) is 18.7. The van der Waals surface area contributed by atoms with Gasteiger partial charge in [-0.25, -0.2) is 4.39 Å². The predicted molar refractivity (Wildman–Crippen MR) is 107 cm³/mol. The second-order valence-corrected chi connectivity index (χ2v) is 8.01. The number of nitrogens with zero attached hydrogens (tertiary/aromatic N) is 2. The van der Waals surface area contributed by atoms with Gasteiger partial charge in [-0.2, -0.15) is 5.10 Å². The van der Waals surface area contributed by atoms with Crippen molar-refractivity contribution in [1.29, 1.82) is 0 Å². The van der Waals surface area contributed by atoms with Crippen LogP contribution in [0, 0.1) is 11.2 Å². The van der Waals surface area contributed by atoms with Gasteiger partial charge in [0.15, 0.2) is 0 Å². The lowest BCUT2D eigenvalue weighted by molar-refractivity contribution is 0.0895. The minimum atomic E-state index is -0.285. The van der Waals surface area contributed by atoms with Crippen molar-refractivity contribution in [3.05, 3.63) is 53.6 Å². The van der Waals surface area contributed by atoms with Gasteiger partial charge in [0.05, 0.1) is 12.1 Å². The Hall–Kier alpha value is -1.92. The molecule has 0 saturated carbocycles. The Labute approximate surface area is 166 Å². The number of amides is 1. The van der Waals surface area contributed by atoms with Crippen molar-refractivity contribution in [2.24, 2.45) is 5.41 Å². The lowest BCUT2D eigenvalue weighted by Crippen LogP contribution is -2.37. The third-order valence-electron chi connectivity index (χ3n) is 4.83. The molecular formula is C20H28ClFN4O. The molecule has 1 aromatic carbocycles. The minimum Gasteiger partial charge on any atom is -0.343 e. The molecule has 1 fully saturated rings. The van der Waals surface area contributed by atoms with Gasteiger partial charge in [0.25, 0.3) is 5.91 Å². The quantitative estimate of drug-likeness (QED) is 0.827. The molecule has 27 heavy (non-hydrogen) atoms. The first-order valence-electron chi connectivity index (χ1n) is 9.17. The van der Waals surface area contributed by atoms with E-state index in [-0.39, 0.29) is 35.6 Å². The first-order chi connectivity index (χ1) is 12.3. The molecule has 0 radical (unpaired) electrons. The fourth-order valence-electron chi connectivity index (χ4n) is 3.38. The summed E-state index contributed by atoms with van der Waals surface area (Å²) in [5, 5.41) is 10.9. The van der Waals surface area contributed by atoms with Crippen molar-refractivity contribution in [2.45, 2.75) is 45.7 Å². The van der Waals surface area contributed by atoms with E-state index in [0.717, 1.165) is 31.5 Å². The van der Waals surface area contributed by atoms with Crippen molar-refractivity contribution < 1.29 is 9.18 Å². The van der Waals surface area contributed by atoms with E-state index in [0.29, 0.717) is 11.7 Å².